The van der Waals surface area contributed by atoms with E-state index in [1.807, 2.05) is 61.5 Å². The molecular weight excluding hydrogens is 494 g/mol. The van der Waals surface area contributed by atoms with Gasteiger partial charge in [-0.1, -0.05) is 36.4 Å². The van der Waals surface area contributed by atoms with Crippen molar-refractivity contribution in [3.63, 3.8) is 0 Å². The summed E-state index contributed by atoms with van der Waals surface area (Å²) < 4.78 is 19.8. The van der Waals surface area contributed by atoms with Crippen molar-refractivity contribution in [3.05, 3.63) is 98.9 Å². The Morgan fingerprint density at radius 3 is 2.50 bits per heavy atom. The maximum absolute atomic E-state index is 13.0. The maximum atomic E-state index is 13.0. The van der Waals surface area contributed by atoms with Crippen LogP contribution in [0.2, 0.25) is 0 Å². The molecule has 0 saturated carbocycles. The predicted molar refractivity (Wildman–Crippen MR) is 125 cm³/mol. The number of carbonyl (C=O) groups is 1. The predicted octanol–water partition coefficient (Wildman–Crippen LogP) is 5.82. The summed E-state index contributed by atoms with van der Waals surface area (Å²) in [4.78, 5) is 12.8. The van der Waals surface area contributed by atoms with Crippen LogP contribution in [-0.2, 0) is 11.4 Å². The van der Waals surface area contributed by atoms with E-state index in [9.17, 15) is 9.18 Å². The number of para-hydroxylation sites is 1. The van der Waals surface area contributed by atoms with Gasteiger partial charge in [-0.25, -0.2) is 4.39 Å². The summed E-state index contributed by atoms with van der Waals surface area (Å²) in [6.45, 7) is 2.19. The fourth-order valence-electron chi connectivity index (χ4n) is 3.06. The van der Waals surface area contributed by atoms with Crippen LogP contribution >= 0.6 is 22.6 Å². The number of anilines is 1. The van der Waals surface area contributed by atoms with Gasteiger partial charge in [0.2, 0.25) is 0 Å². The second kappa shape index (κ2) is 8.79. The van der Waals surface area contributed by atoms with E-state index in [0.717, 1.165) is 26.1 Å². The molecule has 4 rings (SSSR count). The molecule has 30 heavy (non-hydrogen) atoms. The number of amides is 1. The molecule has 0 atom stereocenters. The van der Waals surface area contributed by atoms with Crippen LogP contribution in [0.5, 0.6) is 5.75 Å². The number of ether oxygens (including phenoxy) is 1. The lowest BCUT2D eigenvalue weighted by molar-refractivity contribution is -0.114. The molecule has 0 N–H and O–H groups in total. The van der Waals surface area contributed by atoms with Crippen molar-refractivity contribution in [2.24, 2.45) is 5.10 Å². The zero-order valence-electron chi connectivity index (χ0n) is 16.2. The van der Waals surface area contributed by atoms with Crippen LogP contribution in [0, 0.1) is 9.39 Å². The Bertz CT molecular complexity index is 1140. The van der Waals surface area contributed by atoms with Crippen LogP contribution < -0.4 is 9.75 Å². The van der Waals surface area contributed by atoms with Gasteiger partial charge in [0.1, 0.15) is 18.2 Å². The fourth-order valence-corrected chi connectivity index (χ4v) is 3.76. The first kappa shape index (κ1) is 20.3. The van der Waals surface area contributed by atoms with Crippen molar-refractivity contribution in [3.8, 4) is 5.75 Å². The Balaban J connectivity index is 1.50. The number of nitrogens with zero attached hydrogens (tertiary/aromatic N) is 2. The Hall–Kier alpha value is -3.00. The van der Waals surface area contributed by atoms with Gasteiger partial charge in [-0.15, -0.1) is 0 Å². The summed E-state index contributed by atoms with van der Waals surface area (Å²) in [5.74, 6) is 0.318. The first-order chi connectivity index (χ1) is 14.5. The number of hydrazone groups is 1. The Kier molecular flexibility index (Phi) is 5.94. The monoisotopic (exact) mass is 512 g/mol. The average molecular weight is 512 g/mol. The third-order valence-corrected chi connectivity index (χ3v) is 5.48. The summed E-state index contributed by atoms with van der Waals surface area (Å²) in [5, 5.41) is 5.83. The molecule has 1 heterocycles. The van der Waals surface area contributed by atoms with Gasteiger partial charge in [0, 0.05) is 0 Å². The highest BCUT2D eigenvalue weighted by molar-refractivity contribution is 14.1. The molecule has 150 valence electrons. The minimum atomic E-state index is -0.267. The molecule has 3 aromatic rings. The van der Waals surface area contributed by atoms with Crippen LogP contribution in [-0.4, -0.2) is 11.6 Å². The van der Waals surface area contributed by atoms with Crippen molar-refractivity contribution < 1.29 is 13.9 Å². The lowest BCUT2D eigenvalue weighted by Gasteiger charge is -2.11. The average Bonchev–Trinajstić information content (AvgIpc) is 3.03. The van der Waals surface area contributed by atoms with E-state index < -0.39 is 0 Å². The molecule has 0 bridgehead atoms. The highest BCUT2D eigenvalue weighted by Gasteiger charge is 2.28. The molecule has 6 heteroatoms. The Labute approximate surface area is 187 Å². The Morgan fingerprint density at radius 1 is 1.07 bits per heavy atom. The molecule has 0 aromatic heterocycles. The summed E-state index contributed by atoms with van der Waals surface area (Å²) in [6.07, 6.45) is 1.84. The van der Waals surface area contributed by atoms with Gasteiger partial charge in [0.25, 0.3) is 5.91 Å². The van der Waals surface area contributed by atoms with Crippen molar-refractivity contribution in [1.29, 1.82) is 0 Å². The van der Waals surface area contributed by atoms with Crippen LogP contribution in [0.1, 0.15) is 18.1 Å². The molecule has 0 saturated heterocycles. The number of carbonyl (C=O) groups excluding carboxylic acids is 1. The van der Waals surface area contributed by atoms with Crippen molar-refractivity contribution in [2.75, 3.05) is 5.01 Å². The highest BCUT2D eigenvalue weighted by Crippen LogP contribution is 2.27. The van der Waals surface area contributed by atoms with Gasteiger partial charge in [-0.2, -0.15) is 10.1 Å². The molecule has 3 aromatic carbocycles. The normalized spacial score (nSPS) is 14.9. The first-order valence-corrected chi connectivity index (χ1v) is 10.4. The second-order valence-corrected chi connectivity index (χ2v) is 7.96. The maximum Gasteiger partial charge on any atom is 0.280 e. The van der Waals surface area contributed by atoms with Crippen LogP contribution in [0.4, 0.5) is 10.1 Å². The lowest BCUT2D eigenvalue weighted by atomic mass is 10.1. The third-order valence-electron chi connectivity index (χ3n) is 4.64. The number of benzene rings is 3. The molecule has 0 unspecified atom stereocenters. The van der Waals surface area contributed by atoms with E-state index in [1.54, 1.807) is 12.1 Å². The second-order valence-electron chi connectivity index (χ2n) is 6.80. The quantitative estimate of drug-likeness (QED) is 0.320. The van der Waals surface area contributed by atoms with Gasteiger partial charge in [-0.05, 0) is 83.1 Å². The van der Waals surface area contributed by atoms with Crippen LogP contribution in [0.3, 0.4) is 0 Å². The molecule has 4 nitrogen and oxygen atoms in total. The lowest BCUT2D eigenvalue weighted by Crippen LogP contribution is -2.21. The molecule has 1 aliphatic rings. The topological polar surface area (TPSA) is 41.9 Å². The molecule has 0 aliphatic carbocycles. The van der Waals surface area contributed by atoms with Crippen molar-refractivity contribution in [2.45, 2.75) is 13.5 Å². The third kappa shape index (κ3) is 4.43. The zero-order chi connectivity index (χ0) is 21.1. The fraction of sp³-hybridized carbons (Fsp3) is 0.0833. The van der Waals surface area contributed by atoms with E-state index in [-0.39, 0.29) is 11.7 Å². The summed E-state index contributed by atoms with van der Waals surface area (Å²) in [7, 11) is 0. The van der Waals surface area contributed by atoms with E-state index in [2.05, 4.69) is 27.7 Å². The van der Waals surface area contributed by atoms with E-state index >= 15 is 0 Å². The molecular formula is C24H18FIN2O2. The van der Waals surface area contributed by atoms with Gasteiger partial charge in [0.15, 0.2) is 0 Å². The van der Waals surface area contributed by atoms with Gasteiger partial charge >= 0.3 is 0 Å². The zero-order valence-corrected chi connectivity index (χ0v) is 18.3. The summed E-state index contributed by atoms with van der Waals surface area (Å²) in [5.41, 5.74) is 3.76. The first-order valence-electron chi connectivity index (χ1n) is 9.35. The smallest absolute Gasteiger partial charge is 0.280 e. The van der Waals surface area contributed by atoms with E-state index in [1.165, 1.54) is 17.1 Å². The Morgan fingerprint density at radius 2 is 1.80 bits per heavy atom. The molecule has 1 aliphatic heterocycles. The SMILES string of the molecule is CC1=NN(c2ccccc2)C(=O)/C1=C/c1ccc(OCc2ccc(F)cc2)c(I)c1. The van der Waals surface area contributed by atoms with Crippen LogP contribution in [0.15, 0.2) is 83.5 Å². The molecule has 0 radical (unpaired) electrons. The molecule has 1 amide bonds. The molecule has 0 fully saturated rings. The summed E-state index contributed by atoms with van der Waals surface area (Å²) in [6, 6.07) is 21.3. The van der Waals surface area contributed by atoms with Gasteiger partial charge < -0.3 is 4.74 Å². The van der Waals surface area contributed by atoms with Gasteiger partial charge in [0.05, 0.1) is 20.5 Å². The van der Waals surface area contributed by atoms with E-state index in [4.69, 9.17) is 4.74 Å². The number of hydrogen-bond acceptors (Lipinski definition) is 3. The minimum Gasteiger partial charge on any atom is -0.488 e. The van der Waals surface area contributed by atoms with Crippen molar-refractivity contribution in [1.82, 2.24) is 0 Å². The standard InChI is InChI=1S/C24H18FIN2O2/c1-16-21(24(29)28(27-16)20-5-3-2-4-6-20)13-18-9-12-23(22(26)14-18)30-15-17-7-10-19(25)11-8-17/h2-14H,15H2,1H3/b21-13+. The number of rotatable bonds is 5. The van der Waals surface area contributed by atoms with Gasteiger partial charge in [-0.3, -0.25) is 4.79 Å². The highest BCUT2D eigenvalue weighted by atomic mass is 127. The number of halogens is 2. The van der Waals surface area contributed by atoms with E-state index in [0.29, 0.717) is 17.9 Å². The molecule has 0 spiro atoms. The summed E-state index contributed by atoms with van der Waals surface area (Å²) >= 11 is 2.20. The number of hydrogen-bond donors (Lipinski definition) is 0. The largest absolute Gasteiger partial charge is 0.488 e. The van der Waals surface area contributed by atoms with Crippen LogP contribution in [0.25, 0.3) is 6.08 Å². The minimum absolute atomic E-state index is 0.148. The van der Waals surface area contributed by atoms with Crippen molar-refractivity contribution >= 4 is 46.0 Å².